The zero-order chi connectivity index (χ0) is 17.7. The highest BCUT2D eigenvalue weighted by atomic mass is 16.2. The van der Waals surface area contributed by atoms with Crippen LogP contribution in [0.25, 0.3) is 5.65 Å². The van der Waals surface area contributed by atoms with E-state index in [0.717, 1.165) is 36.4 Å². The molecule has 24 heavy (non-hydrogen) atoms. The summed E-state index contributed by atoms with van der Waals surface area (Å²) in [5.74, 6) is 0.207. The number of nitrogens with zero attached hydrogens (tertiary/aromatic N) is 4. The van der Waals surface area contributed by atoms with E-state index in [9.17, 15) is 4.79 Å². The summed E-state index contributed by atoms with van der Waals surface area (Å²) in [6.45, 7) is 13.2. The molecule has 0 N–H and O–H groups in total. The van der Waals surface area contributed by atoms with Crippen LogP contribution in [-0.2, 0) is 10.2 Å². The van der Waals surface area contributed by atoms with Gasteiger partial charge in [0.15, 0.2) is 5.65 Å². The van der Waals surface area contributed by atoms with Crippen molar-refractivity contribution in [3.05, 3.63) is 29.7 Å². The molecule has 3 heterocycles. The van der Waals surface area contributed by atoms with Crippen molar-refractivity contribution in [2.45, 2.75) is 65.8 Å². The fourth-order valence-corrected chi connectivity index (χ4v) is 3.28. The second-order valence-electron chi connectivity index (χ2n) is 8.83. The highest BCUT2D eigenvalue weighted by Gasteiger charge is 2.37. The largest absolute Gasteiger partial charge is 0.334 e. The van der Waals surface area contributed by atoms with E-state index in [-0.39, 0.29) is 22.8 Å². The van der Waals surface area contributed by atoms with Crippen LogP contribution in [0.4, 0.5) is 0 Å². The lowest BCUT2D eigenvalue weighted by molar-refractivity contribution is -0.140. The van der Waals surface area contributed by atoms with E-state index in [4.69, 9.17) is 5.10 Å². The molecule has 0 spiro atoms. The summed E-state index contributed by atoms with van der Waals surface area (Å²) < 4.78 is 1.93. The fourth-order valence-electron chi connectivity index (χ4n) is 3.28. The van der Waals surface area contributed by atoms with Gasteiger partial charge in [-0.15, -0.1) is 0 Å². The summed E-state index contributed by atoms with van der Waals surface area (Å²) in [6, 6.07) is 4.13. The van der Waals surface area contributed by atoms with E-state index < -0.39 is 0 Å². The smallest absolute Gasteiger partial charge is 0.228 e. The van der Waals surface area contributed by atoms with E-state index >= 15 is 0 Å². The van der Waals surface area contributed by atoms with Gasteiger partial charge >= 0.3 is 0 Å². The lowest BCUT2D eigenvalue weighted by Crippen LogP contribution is -2.39. The maximum Gasteiger partial charge on any atom is 0.228 e. The molecule has 1 fully saturated rings. The van der Waals surface area contributed by atoms with E-state index in [0.29, 0.717) is 0 Å². The van der Waals surface area contributed by atoms with Crippen LogP contribution in [0.2, 0.25) is 0 Å². The standard InChI is InChI=1S/C19H28N4O/c1-18(2,3)15-12-16-20-10-9-14(23(16)21-15)13-8-7-11-22(13)17(24)19(4,5)6/h9-10,12-13H,7-8,11H2,1-6H3. The monoisotopic (exact) mass is 328 g/mol. The molecular formula is C19H28N4O. The van der Waals surface area contributed by atoms with Gasteiger partial charge in [0.05, 0.1) is 17.4 Å². The van der Waals surface area contributed by atoms with Gasteiger partial charge in [-0.05, 0) is 18.9 Å². The van der Waals surface area contributed by atoms with Gasteiger partial charge in [-0.3, -0.25) is 4.79 Å². The highest BCUT2D eigenvalue weighted by Crippen LogP contribution is 2.35. The normalized spacial score (nSPS) is 19.2. The fraction of sp³-hybridized carbons (Fsp3) is 0.632. The quantitative estimate of drug-likeness (QED) is 0.801. The van der Waals surface area contributed by atoms with Crippen molar-refractivity contribution in [3.8, 4) is 0 Å². The van der Waals surface area contributed by atoms with Crippen LogP contribution in [0.1, 0.15) is 71.8 Å². The average molecular weight is 328 g/mol. The van der Waals surface area contributed by atoms with E-state index in [1.54, 1.807) is 0 Å². The molecular weight excluding hydrogens is 300 g/mol. The van der Waals surface area contributed by atoms with Gasteiger partial charge in [0.25, 0.3) is 0 Å². The molecule has 3 rings (SSSR count). The molecule has 1 aliphatic heterocycles. The highest BCUT2D eigenvalue weighted by molar-refractivity contribution is 5.82. The van der Waals surface area contributed by atoms with Crippen molar-refractivity contribution in [1.29, 1.82) is 0 Å². The van der Waals surface area contributed by atoms with Crippen molar-refractivity contribution in [2.24, 2.45) is 5.41 Å². The predicted molar refractivity (Wildman–Crippen MR) is 94.8 cm³/mol. The molecule has 5 heteroatoms. The Labute approximate surface area is 144 Å². The van der Waals surface area contributed by atoms with Gasteiger partial charge in [0.1, 0.15) is 0 Å². The number of fused-ring (bicyclic) bond motifs is 1. The number of rotatable bonds is 1. The molecule has 0 saturated carbocycles. The molecule has 1 atom stereocenters. The number of hydrogen-bond acceptors (Lipinski definition) is 3. The first-order chi connectivity index (χ1) is 11.1. The molecule has 5 nitrogen and oxygen atoms in total. The molecule has 2 aromatic rings. The van der Waals surface area contributed by atoms with Crippen molar-refractivity contribution in [2.75, 3.05) is 6.54 Å². The van der Waals surface area contributed by atoms with Gasteiger partial charge in [-0.2, -0.15) is 5.10 Å². The third-order valence-corrected chi connectivity index (χ3v) is 4.65. The van der Waals surface area contributed by atoms with Crippen molar-refractivity contribution in [1.82, 2.24) is 19.5 Å². The molecule has 0 aliphatic carbocycles. The number of aromatic nitrogens is 3. The third-order valence-electron chi connectivity index (χ3n) is 4.65. The lowest BCUT2D eigenvalue weighted by atomic mass is 9.93. The number of likely N-dealkylation sites (tertiary alicyclic amines) is 1. The Bertz CT molecular complexity index is 764. The third kappa shape index (κ3) is 2.92. The van der Waals surface area contributed by atoms with Gasteiger partial charge in [-0.25, -0.2) is 9.50 Å². The van der Waals surface area contributed by atoms with Crippen LogP contribution in [0, 0.1) is 5.41 Å². The summed E-state index contributed by atoms with van der Waals surface area (Å²) in [4.78, 5) is 19.3. The molecule has 2 aromatic heterocycles. The molecule has 1 unspecified atom stereocenters. The maximum absolute atomic E-state index is 12.8. The van der Waals surface area contributed by atoms with Crippen LogP contribution in [0.3, 0.4) is 0 Å². The first kappa shape index (κ1) is 16.9. The second kappa shape index (κ2) is 5.57. The van der Waals surface area contributed by atoms with Gasteiger partial charge in [0, 0.05) is 29.6 Å². The molecule has 0 bridgehead atoms. The Morgan fingerprint density at radius 3 is 2.54 bits per heavy atom. The average Bonchev–Trinajstić information content (AvgIpc) is 3.11. The SMILES string of the molecule is CC(C)(C)C(=O)N1CCCC1c1ccnc2cc(C(C)(C)C)nn12. The van der Waals surface area contributed by atoms with Crippen LogP contribution in [0.15, 0.2) is 18.3 Å². The molecule has 0 aromatic carbocycles. The zero-order valence-corrected chi connectivity index (χ0v) is 15.6. The summed E-state index contributed by atoms with van der Waals surface area (Å²) in [5.41, 5.74) is 2.55. The van der Waals surface area contributed by atoms with Crippen molar-refractivity contribution in [3.63, 3.8) is 0 Å². The van der Waals surface area contributed by atoms with Crippen LogP contribution < -0.4 is 0 Å². The topological polar surface area (TPSA) is 50.5 Å². The Morgan fingerprint density at radius 2 is 1.92 bits per heavy atom. The molecule has 1 saturated heterocycles. The number of hydrogen-bond donors (Lipinski definition) is 0. The van der Waals surface area contributed by atoms with Crippen LogP contribution >= 0.6 is 0 Å². The Hall–Kier alpha value is -1.91. The molecule has 0 radical (unpaired) electrons. The second-order valence-corrected chi connectivity index (χ2v) is 8.83. The van der Waals surface area contributed by atoms with E-state index in [1.165, 1.54) is 0 Å². The van der Waals surface area contributed by atoms with Crippen molar-refractivity contribution < 1.29 is 4.79 Å². The van der Waals surface area contributed by atoms with E-state index in [2.05, 4.69) is 25.8 Å². The molecule has 1 amide bonds. The minimum atomic E-state index is -0.366. The Balaban J connectivity index is 2.05. The first-order valence-electron chi connectivity index (χ1n) is 8.75. The summed E-state index contributed by atoms with van der Waals surface area (Å²) in [5, 5.41) is 4.80. The molecule has 1 aliphatic rings. The Morgan fingerprint density at radius 1 is 1.21 bits per heavy atom. The minimum absolute atomic E-state index is 0.0262. The number of carbonyl (C=O) groups excluding carboxylic acids is 1. The Kier molecular flexibility index (Phi) is 3.93. The first-order valence-corrected chi connectivity index (χ1v) is 8.75. The summed E-state index contributed by atoms with van der Waals surface area (Å²) in [6.07, 6.45) is 3.84. The zero-order valence-electron chi connectivity index (χ0n) is 15.6. The number of carbonyl (C=O) groups is 1. The van der Waals surface area contributed by atoms with Crippen LogP contribution in [0.5, 0.6) is 0 Å². The van der Waals surface area contributed by atoms with Gasteiger partial charge in [0.2, 0.25) is 5.91 Å². The van der Waals surface area contributed by atoms with Gasteiger partial charge in [-0.1, -0.05) is 41.5 Å². The predicted octanol–water partition coefficient (Wildman–Crippen LogP) is 3.74. The van der Waals surface area contributed by atoms with E-state index in [1.807, 2.05) is 48.5 Å². The van der Waals surface area contributed by atoms with Gasteiger partial charge < -0.3 is 4.90 Å². The van der Waals surface area contributed by atoms with Crippen LogP contribution in [-0.4, -0.2) is 31.9 Å². The summed E-state index contributed by atoms with van der Waals surface area (Å²) in [7, 11) is 0. The number of amides is 1. The molecule has 130 valence electrons. The lowest BCUT2D eigenvalue weighted by Gasteiger charge is -2.31. The van der Waals surface area contributed by atoms with Crippen molar-refractivity contribution >= 4 is 11.6 Å². The minimum Gasteiger partial charge on any atom is -0.334 e. The maximum atomic E-state index is 12.8. The summed E-state index contributed by atoms with van der Waals surface area (Å²) >= 11 is 0.